The van der Waals surface area contributed by atoms with Crippen molar-refractivity contribution >= 4 is 17.3 Å². The SMILES string of the molecule is CNc1cn2ccnc2c(N2CCC(COC)CC2)n1. The summed E-state index contributed by atoms with van der Waals surface area (Å²) in [4.78, 5) is 11.4. The van der Waals surface area contributed by atoms with Gasteiger partial charge in [-0.1, -0.05) is 0 Å². The maximum absolute atomic E-state index is 5.26. The summed E-state index contributed by atoms with van der Waals surface area (Å²) >= 11 is 0. The van der Waals surface area contributed by atoms with Crippen LogP contribution in [0.25, 0.3) is 5.65 Å². The van der Waals surface area contributed by atoms with Gasteiger partial charge in [0, 0.05) is 46.2 Å². The van der Waals surface area contributed by atoms with Crippen LogP contribution in [0.1, 0.15) is 12.8 Å². The first-order valence-electron chi connectivity index (χ1n) is 7.07. The summed E-state index contributed by atoms with van der Waals surface area (Å²) in [7, 11) is 3.66. The average molecular weight is 275 g/mol. The minimum Gasteiger partial charge on any atom is -0.384 e. The van der Waals surface area contributed by atoms with Crippen LogP contribution in [0.4, 0.5) is 11.6 Å². The molecule has 1 saturated heterocycles. The molecule has 0 radical (unpaired) electrons. The summed E-state index contributed by atoms with van der Waals surface area (Å²) in [6.45, 7) is 2.88. The molecule has 0 aliphatic carbocycles. The first-order chi connectivity index (χ1) is 9.81. The van der Waals surface area contributed by atoms with E-state index >= 15 is 0 Å². The van der Waals surface area contributed by atoms with Gasteiger partial charge < -0.3 is 19.4 Å². The van der Waals surface area contributed by atoms with Gasteiger partial charge in [0.2, 0.25) is 0 Å². The fourth-order valence-corrected chi connectivity index (χ4v) is 2.79. The van der Waals surface area contributed by atoms with E-state index in [0.717, 1.165) is 49.8 Å². The number of piperidine rings is 1. The molecule has 0 bridgehead atoms. The third kappa shape index (κ3) is 2.43. The Morgan fingerprint density at radius 1 is 1.40 bits per heavy atom. The molecule has 0 unspecified atom stereocenters. The van der Waals surface area contributed by atoms with E-state index in [4.69, 9.17) is 4.74 Å². The monoisotopic (exact) mass is 275 g/mol. The molecule has 1 aliphatic heterocycles. The second-order valence-electron chi connectivity index (χ2n) is 5.24. The van der Waals surface area contributed by atoms with Gasteiger partial charge in [0.05, 0.1) is 6.20 Å². The van der Waals surface area contributed by atoms with Gasteiger partial charge in [-0.15, -0.1) is 0 Å². The van der Waals surface area contributed by atoms with E-state index in [1.807, 2.05) is 30.0 Å². The third-order valence-corrected chi connectivity index (χ3v) is 3.93. The first-order valence-corrected chi connectivity index (χ1v) is 7.07. The molecule has 0 amide bonds. The van der Waals surface area contributed by atoms with Crippen molar-refractivity contribution in [3.05, 3.63) is 18.6 Å². The lowest BCUT2D eigenvalue weighted by atomic mass is 9.98. The molecule has 2 aromatic rings. The van der Waals surface area contributed by atoms with Crippen molar-refractivity contribution in [1.82, 2.24) is 14.4 Å². The molecule has 0 saturated carbocycles. The highest BCUT2D eigenvalue weighted by Crippen LogP contribution is 2.26. The van der Waals surface area contributed by atoms with Crippen LogP contribution in [-0.2, 0) is 4.74 Å². The number of aromatic nitrogens is 3. The van der Waals surface area contributed by atoms with E-state index in [1.165, 1.54) is 0 Å². The van der Waals surface area contributed by atoms with Crippen molar-refractivity contribution in [3.63, 3.8) is 0 Å². The number of rotatable bonds is 4. The summed E-state index contributed by atoms with van der Waals surface area (Å²) in [6.07, 6.45) is 8.03. The summed E-state index contributed by atoms with van der Waals surface area (Å²) in [5.74, 6) is 2.50. The highest BCUT2D eigenvalue weighted by molar-refractivity contribution is 5.66. The Bertz CT molecular complexity index is 574. The molecule has 2 aromatic heterocycles. The Hall–Kier alpha value is -1.82. The third-order valence-electron chi connectivity index (χ3n) is 3.93. The zero-order valence-corrected chi connectivity index (χ0v) is 12.0. The van der Waals surface area contributed by atoms with Crippen LogP contribution in [-0.4, -0.2) is 48.2 Å². The van der Waals surface area contributed by atoms with Crippen LogP contribution in [0.2, 0.25) is 0 Å². The number of methoxy groups -OCH3 is 1. The molecule has 1 aliphatic rings. The molecule has 1 N–H and O–H groups in total. The molecule has 20 heavy (non-hydrogen) atoms. The normalized spacial score (nSPS) is 16.8. The molecular weight excluding hydrogens is 254 g/mol. The first kappa shape index (κ1) is 13.2. The van der Waals surface area contributed by atoms with Crippen molar-refractivity contribution < 1.29 is 4.74 Å². The Balaban J connectivity index is 1.85. The van der Waals surface area contributed by atoms with Crippen LogP contribution in [0, 0.1) is 5.92 Å². The van der Waals surface area contributed by atoms with Gasteiger partial charge >= 0.3 is 0 Å². The molecule has 1 fully saturated rings. The summed E-state index contributed by atoms with van der Waals surface area (Å²) in [6, 6.07) is 0. The van der Waals surface area contributed by atoms with E-state index in [9.17, 15) is 0 Å². The lowest BCUT2D eigenvalue weighted by Gasteiger charge is -2.32. The van der Waals surface area contributed by atoms with Gasteiger partial charge in [0.15, 0.2) is 11.5 Å². The zero-order valence-electron chi connectivity index (χ0n) is 12.0. The van der Waals surface area contributed by atoms with E-state index in [1.54, 1.807) is 7.11 Å². The lowest BCUT2D eigenvalue weighted by Crippen LogP contribution is -2.36. The number of ether oxygens (including phenoxy) is 1. The van der Waals surface area contributed by atoms with E-state index in [-0.39, 0.29) is 0 Å². The molecule has 6 nitrogen and oxygen atoms in total. The van der Waals surface area contributed by atoms with E-state index < -0.39 is 0 Å². The van der Waals surface area contributed by atoms with Gasteiger partial charge in [-0.25, -0.2) is 9.97 Å². The molecule has 0 atom stereocenters. The van der Waals surface area contributed by atoms with Crippen LogP contribution in [0.3, 0.4) is 0 Å². The van der Waals surface area contributed by atoms with Crippen molar-refractivity contribution in [3.8, 4) is 0 Å². The second kappa shape index (κ2) is 5.66. The standard InChI is InChI=1S/C14H21N5O/c1-15-12-9-19-8-5-16-13(19)14(17-12)18-6-3-11(4-7-18)10-20-2/h5,8-9,11,15H,3-4,6-7,10H2,1-2H3. The zero-order chi connectivity index (χ0) is 13.9. The summed E-state index contributed by atoms with van der Waals surface area (Å²) in [5.41, 5.74) is 0.925. The van der Waals surface area contributed by atoms with Crippen LogP contribution in [0.5, 0.6) is 0 Å². The minimum absolute atomic E-state index is 0.666. The molecule has 0 spiro atoms. The fourth-order valence-electron chi connectivity index (χ4n) is 2.79. The largest absolute Gasteiger partial charge is 0.384 e. The average Bonchev–Trinajstić information content (AvgIpc) is 2.95. The Kier molecular flexibility index (Phi) is 3.73. The van der Waals surface area contributed by atoms with Gasteiger partial charge in [0.25, 0.3) is 0 Å². The van der Waals surface area contributed by atoms with Gasteiger partial charge in [-0.3, -0.25) is 0 Å². The second-order valence-corrected chi connectivity index (χ2v) is 5.24. The quantitative estimate of drug-likeness (QED) is 0.919. The van der Waals surface area contributed by atoms with Crippen molar-refractivity contribution in [2.75, 3.05) is 44.1 Å². The fraction of sp³-hybridized carbons (Fsp3) is 0.571. The lowest BCUT2D eigenvalue weighted by molar-refractivity contribution is 0.139. The topological polar surface area (TPSA) is 54.7 Å². The maximum atomic E-state index is 5.26. The van der Waals surface area contributed by atoms with Crippen LogP contribution >= 0.6 is 0 Å². The van der Waals surface area contributed by atoms with Gasteiger partial charge in [-0.05, 0) is 18.8 Å². The van der Waals surface area contributed by atoms with E-state index in [2.05, 4.69) is 20.2 Å². The highest BCUT2D eigenvalue weighted by Gasteiger charge is 2.22. The number of fused-ring (bicyclic) bond motifs is 1. The van der Waals surface area contributed by atoms with Crippen molar-refractivity contribution in [1.29, 1.82) is 0 Å². The highest BCUT2D eigenvalue weighted by atomic mass is 16.5. The van der Waals surface area contributed by atoms with Gasteiger partial charge in [0.1, 0.15) is 5.82 Å². The Morgan fingerprint density at radius 2 is 2.20 bits per heavy atom. The maximum Gasteiger partial charge on any atom is 0.180 e. The molecular formula is C14H21N5O. The number of nitrogens with zero attached hydrogens (tertiary/aromatic N) is 4. The number of nitrogens with one attached hydrogen (secondary N) is 1. The molecule has 0 aromatic carbocycles. The predicted octanol–water partition coefficient (Wildman–Crippen LogP) is 1.63. The van der Waals surface area contributed by atoms with Crippen molar-refractivity contribution in [2.45, 2.75) is 12.8 Å². The van der Waals surface area contributed by atoms with Crippen LogP contribution < -0.4 is 10.2 Å². The number of hydrogen-bond acceptors (Lipinski definition) is 5. The Labute approximate surface area is 118 Å². The number of hydrogen-bond donors (Lipinski definition) is 1. The van der Waals surface area contributed by atoms with Crippen molar-refractivity contribution in [2.24, 2.45) is 5.92 Å². The summed E-state index contributed by atoms with van der Waals surface area (Å²) < 4.78 is 7.28. The Morgan fingerprint density at radius 3 is 2.90 bits per heavy atom. The van der Waals surface area contributed by atoms with E-state index in [0.29, 0.717) is 5.92 Å². The molecule has 3 rings (SSSR count). The van der Waals surface area contributed by atoms with Crippen LogP contribution in [0.15, 0.2) is 18.6 Å². The smallest absolute Gasteiger partial charge is 0.180 e. The minimum atomic E-state index is 0.666. The number of imidazole rings is 1. The summed E-state index contributed by atoms with van der Waals surface area (Å²) in [5, 5.41) is 3.11. The molecule has 108 valence electrons. The molecule has 6 heteroatoms. The molecule has 3 heterocycles. The predicted molar refractivity (Wildman–Crippen MR) is 79.3 cm³/mol. The van der Waals surface area contributed by atoms with Gasteiger partial charge in [-0.2, -0.15) is 0 Å². The number of anilines is 2.